The Bertz CT molecular complexity index is 964. The molecule has 3 aromatic rings. The highest BCUT2D eigenvalue weighted by Gasteiger charge is 2.20. The molecule has 0 aliphatic carbocycles. The molecular formula is C20H24N4O2S. The molecule has 0 atom stereocenters. The molecule has 142 valence electrons. The third-order valence-electron chi connectivity index (χ3n) is 4.28. The first-order valence-corrected chi connectivity index (χ1v) is 9.67. The quantitative estimate of drug-likeness (QED) is 0.644. The number of hydrogen-bond acceptors (Lipinski definition) is 7. The fourth-order valence-corrected chi connectivity index (χ4v) is 3.98. The second-order valence-corrected chi connectivity index (χ2v) is 7.49. The lowest BCUT2D eigenvalue weighted by molar-refractivity contribution is 0.0531. The van der Waals surface area contributed by atoms with Gasteiger partial charge in [0.25, 0.3) is 0 Å². The van der Waals surface area contributed by atoms with Crippen LogP contribution in [-0.2, 0) is 11.3 Å². The SMILES string of the molecule is CCOC(=O)c1sc2nc(C)nc(NCc3ccc(N(C)C)cc3)c2c1C. The van der Waals surface area contributed by atoms with E-state index in [9.17, 15) is 4.79 Å². The summed E-state index contributed by atoms with van der Waals surface area (Å²) in [5, 5.41) is 4.30. The maximum Gasteiger partial charge on any atom is 0.348 e. The topological polar surface area (TPSA) is 67.3 Å². The smallest absolute Gasteiger partial charge is 0.348 e. The largest absolute Gasteiger partial charge is 0.462 e. The van der Waals surface area contributed by atoms with Crippen molar-refractivity contribution in [2.24, 2.45) is 0 Å². The number of fused-ring (bicyclic) bond motifs is 1. The van der Waals surface area contributed by atoms with Crippen molar-refractivity contribution in [2.75, 3.05) is 30.9 Å². The lowest BCUT2D eigenvalue weighted by Crippen LogP contribution is -2.09. The number of aryl methyl sites for hydroxylation is 2. The van der Waals surface area contributed by atoms with E-state index >= 15 is 0 Å². The third kappa shape index (κ3) is 4.03. The van der Waals surface area contributed by atoms with Gasteiger partial charge in [0.1, 0.15) is 21.3 Å². The molecule has 27 heavy (non-hydrogen) atoms. The van der Waals surface area contributed by atoms with Gasteiger partial charge in [0.2, 0.25) is 0 Å². The van der Waals surface area contributed by atoms with Gasteiger partial charge < -0.3 is 15.0 Å². The second kappa shape index (κ2) is 7.92. The second-order valence-electron chi connectivity index (χ2n) is 6.49. The highest BCUT2D eigenvalue weighted by atomic mass is 32.1. The standard InChI is InChI=1S/C20H24N4O2S/c1-6-26-20(25)17-12(2)16-18(22-13(3)23-19(16)27-17)21-11-14-7-9-15(10-8-14)24(4)5/h7-10H,6,11H2,1-5H3,(H,21,22,23). The Morgan fingerprint density at radius 3 is 2.52 bits per heavy atom. The van der Waals surface area contributed by atoms with Crippen LogP contribution in [-0.4, -0.2) is 36.6 Å². The van der Waals surface area contributed by atoms with Gasteiger partial charge >= 0.3 is 5.97 Å². The summed E-state index contributed by atoms with van der Waals surface area (Å²) < 4.78 is 5.17. The first-order chi connectivity index (χ1) is 12.9. The van der Waals surface area contributed by atoms with Crippen molar-refractivity contribution in [3.63, 3.8) is 0 Å². The average molecular weight is 385 g/mol. The Morgan fingerprint density at radius 2 is 1.89 bits per heavy atom. The van der Waals surface area contributed by atoms with Crippen LogP contribution >= 0.6 is 11.3 Å². The molecule has 6 nitrogen and oxygen atoms in total. The summed E-state index contributed by atoms with van der Waals surface area (Å²) in [6, 6.07) is 8.37. The molecule has 0 saturated carbocycles. The average Bonchev–Trinajstić information content (AvgIpc) is 2.96. The van der Waals surface area contributed by atoms with E-state index in [4.69, 9.17) is 4.74 Å². The molecule has 0 saturated heterocycles. The number of carbonyl (C=O) groups is 1. The molecule has 0 aliphatic rings. The predicted octanol–water partition coefficient (Wildman–Crippen LogP) is 4.16. The van der Waals surface area contributed by atoms with Crippen LogP contribution in [0.25, 0.3) is 10.2 Å². The number of carbonyl (C=O) groups excluding carboxylic acids is 1. The molecule has 7 heteroatoms. The minimum Gasteiger partial charge on any atom is -0.462 e. The van der Waals surface area contributed by atoms with Crippen molar-refractivity contribution in [2.45, 2.75) is 27.3 Å². The molecule has 3 rings (SSSR count). The van der Waals surface area contributed by atoms with Crippen molar-refractivity contribution in [3.05, 3.63) is 46.1 Å². The van der Waals surface area contributed by atoms with Crippen LogP contribution < -0.4 is 10.2 Å². The monoisotopic (exact) mass is 384 g/mol. The first-order valence-electron chi connectivity index (χ1n) is 8.85. The van der Waals surface area contributed by atoms with Gasteiger partial charge in [-0.05, 0) is 44.0 Å². The number of esters is 1. The van der Waals surface area contributed by atoms with Crippen LogP contribution in [0.2, 0.25) is 0 Å². The number of thiophene rings is 1. The molecule has 0 spiro atoms. The van der Waals surface area contributed by atoms with Gasteiger partial charge in [0.15, 0.2) is 0 Å². The number of rotatable bonds is 6. The summed E-state index contributed by atoms with van der Waals surface area (Å²) in [6.07, 6.45) is 0. The summed E-state index contributed by atoms with van der Waals surface area (Å²) in [7, 11) is 4.04. The molecule has 0 aliphatic heterocycles. The van der Waals surface area contributed by atoms with Crippen molar-refractivity contribution in [3.8, 4) is 0 Å². The van der Waals surface area contributed by atoms with Crippen molar-refractivity contribution < 1.29 is 9.53 Å². The Hall–Kier alpha value is -2.67. The van der Waals surface area contributed by atoms with Gasteiger partial charge in [-0.1, -0.05) is 12.1 Å². The molecular weight excluding hydrogens is 360 g/mol. The van der Waals surface area contributed by atoms with E-state index in [0.717, 1.165) is 32.8 Å². The zero-order valence-corrected chi connectivity index (χ0v) is 17.1. The number of hydrogen-bond donors (Lipinski definition) is 1. The lowest BCUT2D eigenvalue weighted by atomic mass is 10.1. The van der Waals surface area contributed by atoms with Gasteiger partial charge in [-0.2, -0.15) is 0 Å². The first kappa shape index (κ1) is 19.1. The fraction of sp³-hybridized carbons (Fsp3) is 0.350. The number of ether oxygens (including phenoxy) is 1. The Kier molecular flexibility index (Phi) is 5.60. The zero-order valence-electron chi connectivity index (χ0n) is 16.3. The lowest BCUT2D eigenvalue weighted by Gasteiger charge is -2.13. The van der Waals surface area contributed by atoms with Gasteiger partial charge in [-0.15, -0.1) is 11.3 Å². The van der Waals surface area contributed by atoms with E-state index in [-0.39, 0.29) is 5.97 Å². The molecule has 2 heterocycles. The van der Waals surface area contributed by atoms with Crippen LogP contribution in [0.5, 0.6) is 0 Å². The van der Waals surface area contributed by atoms with E-state index < -0.39 is 0 Å². The van der Waals surface area contributed by atoms with E-state index in [1.165, 1.54) is 11.3 Å². The fourth-order valence-electron chi connectivity index (χ4n) is 2.86. The predicted molar refractivity (Wildman–Crippen MR) is 111 cm³/mol. The maximum absolute atomic E-state index is 12.2. The summed E-state index contributed by atoms with van der Waals surface area (Å²) in [5.41, 5.74) is 3.18. The Morgan fingerprint density at radius 1 is 1.19 bits per heavy atom. The Balaban J connectivity index is 1.90. The number of benzene rings is 1. The van der Waals surface area contributed by atoms with Gasteiger partial charge in [0, 0.05) is 26.3 Å². The summed E-state index contributed by atoms with van der Waals surface area (Å²) >= 11 is 1.36. The molecule has 1 aromatic carbocycles. The van der Waals surface area contributed by atoms with Crippen molar-refractivity contribution in [1.29, 1.82) is 0 Å². The number of aromatic nitrogens is 2. The molecule has 1 N–H and O–H groups in total. The summed E-state index contributed by atoms with van der Waals surface area (Å²) in [4.78, 5) is 24.7. The van der Waals surface area contributed by atoms with Gasteiger partial charge in [0.05, 0.1) is 12.0 Å². The van der Waals surface area contributed by atoms with E-state index in [0.29, 0.717) is 23.9 Å². The Labute approximate surface area is 163 Å². The highest BCUT2D eigenvalue weighted by Crippen LogP contribution is 2.34. The zero-order chi connectivity index (χ0) is 19.6. The minimum atomic E-state index is -0.305. The van der Waals surface area contributed by atoms with Crippen LogP contribution in [0.3, 0.4) is 0 Å². The molecule has 0 amide bonds. The minimum absolute atomic E-state index is 0.305. The summed E-state index contributed by atoms with van der Waals surface area (Å²) in [6.45, 7) is 6.57. The molecule has 2 aromatic heterocycles. The maximum atomic E-state index is 12.2. The molecule has 0 unspecified atom stereocenters. The molecule has 0 radical (unpaired) electrons. The number of nitrogens with zero attached hydrogens (tertiary/aromatic N) is 3. The summed E-state index contributed by atoms with van der Waals surface area (Å²) in [5.74, 6) is 1.11. The highest BCUT2D eigenvalue weighted by molar-refractivity contribution is 7.20. The molecule has 0 bridgehead atoms. The molecule has 0 fully saturated rings. The normalized spacial score (nSPS) is 10.9. The van der Waals surface area contributed by atoms with Crippen LogP contribution in [0, 0.1) is 13.8 Å². The van der Waals surface area contributed by atoms with E-state index in [2.05, 4.69) is 44.5 Å². The third-order valence-corrected chi connectivity index (χ3v) is 5.44. The van der Waals surface area contributed by atoms with Crippen LogP contribution in [0.1, 0.15) is 33.5 Å². The number of nitrogens with one attached hydrogen (secondary N) is 1. The van der Waals surface area contributed by atoms with Crippen LogP contribution in [0.4, 0.5) is 11.5 Å². The van der Waals surface area contributed by atoms with Gasteiger partial charge in [-0.3, -0.25) is 0 Å². The van der Waals surface area contributed by atoms with Crippen molar-refractivity contribution >= 4 is 39.0 Å². The van der Waals surface area contributed by atoms with Crippen LogP contribution in [0.15, 0.2) is 24.3 Å². The van der Waals surface area contributed by atoms with Gasteiger partial charge in [-0.25, -0.2) is 14.8 Å². The number of anilines is 2. The van der Waals surface area contributed by atoms with E-state index in [1.807, 2.05) is 27.9 Å². The van der Waals surface area contributed by atoms with Crippen molar-refractivity contribution in [1.82, 2.24) is 9.97 Å². The van der Waals surface area contributed by atoms with E-state index in [1.54, 1.807) is 6.92 Å².